The Kier molecular flexibility index (Phi) is 3.09. The van der Waals surface area contributed by atoms with Crippen molar-refractivity contribution in [3.05, 3.63) is 0 Å². The lowest BCUT2D eigenvalue weighted by molar-refractivity contribution is -0.128. The zero-order chi connectivity index (χ0) is 11.8. The van der Waals surface area contributed by atoms with Crippen LogP contribution in [0.1, 0.15) is 19.8 Å². The predicted molar refractivity (Wildman–Crippen MR) is 66.7 cm³/mol. The number of hydrogen-bond donors (Lipinski definition) is 1. The molecule has 4 nitrogen and oxygen atoms in total. The number of fused-ring (bicyclic) bond motifs is 1. The highest BCUT2D eigenvalue weighted by atomic mass is 16.2. The van der Waals surface area contributed by atoms with Crippen LogP contribution in [0.4, 0.5) is 0 Å². The normalized spacial score (nSPS) is 35.2. The van der Waals surface area contributed by atoms with E-state index in [9.17, 15) is 4.79 Å². The molecular weight excluding hydrogens is 214 g/mol. The van der Waals surface area contributed by atoms with Gasteiger partial charge in [0.1, 0.15) is 0 Å². The van der Waals surface area contributed by atoms with Gasteiger partial charge in [0.25, 0.3) is 0 Å². The average Bonchev–Trinajstić information content (AvgIpc) is 2.87. The van der Waals surface area contributed by atoms with E-state index in [0.717, 1.165) is 31.0 Å². The predicted octanol–water partition coefficient (Wildman–Crippen LogP) is 0.149. The second-order valence-corrected chi connectivity index (χ2v) is 5.88. The fourth-order valence-electron chi connectivity index (χ4n) is 3.76. The molecule has 17 heavy (non-hydrogen) atoms. The Bertz CT molecular complexity index is 287. The summed E-state index contributed by atoms with van der Waals surface area (Å²) in [6.45, 7) is 8.50. The third-order valence-corrected chi connectivity index (χ3v) is 4.78. The molecule has 0 spiro atoms. The zero-order valence-electron chi connectivity index (χ0n) is 10.7. The van der Waals surface area contributed by atoms with E-state index in [0.29, 0.717) is 0 Å². The van der Waals surface area contributed by atoms with E-state index in [4.69, 9.17) is 0 Å². The first kappa shape index (κ1) is 11.5. The van der Waals surface area contributed by atoms with Gasteiger partial charge in [0.05, 0.1) is 0 Å². The van der Waals surface area contributed by atoms with Gasteiger partial charge in [-0.25, -0.2) is 0 Å². The van der Waals surface area contributed by atoms with Crippen molar-refractivity contribution in [2.75, 3.05) is 39.3 Å². The summed E-state index contributed by atoms with van der Waals surface area (Å²) in [5.74, 6) is 1.75. The lowest BCUT2D eigenvalue weighted by Gasteiger charge is -2.32. The van der Waals surface area contributed by atoms with Gasteiger partial charge in [-0.2, -0.15) is 0 Å². The number of piperidine rings is 1. The van der Waals surface area contributed by atoms with E-state index in [1.807, 2.05) is 4.90 Å². The van der Waals surface area contributed by atoms with Crippen LogP contribution in [-0.4, -0.2) is 61.0 Å². The van der Waals surface area contributed by atoms with Crippen molar-refractivity contribution >= 4 is 5.91 Å². The Labute approximate surface area is 103 Å². The highest BCUT2D eigenvalue weighted by molar-refractivity contribution is 5.73. The third kappa shape index (κ3) is 2.20. The lowest BCUT2D eigenvalue weighted by atomic mass is 10.0. The van der Waals surface area contributed by atoms with Gasteiger partial charge in [0, 0.05) is 39.1 Å². The van der Waals surface area contributed by atoms with Gasteiger partial charge in [-0.3, -0.25) is 9.69 Å². The summed E-state index contributed by atoms with van der Waals surface area (Å²) < 4.78 is 0. The van der Waals surface area contributed by atoms with Crippen LogP contribution in [0.5, 0.6) is 0 Å². The van der Waals surface area contributed by atoms with Crippen LogP contribution in [0.25, 0.3) is 0 Å². The summed E-state index contributed by atoms with van der Waals surface area (Å²) in [6.07, 6.45) is 2.60. The fraction of sp³-hybridized carbons (Fsp3) is 0.923. The Morgan fingerprint density at radius 3 is 2.18 bits per heavy atom. The molecule has 3 heterocycles. The molecule has 0 bridgehead atoms. The standard InChI is InChI=1S/C13H23N3O/c1-10(17)15-6-11-8-16(9-12(11)7-15)13-2-4-14-5-3-13/h11-14H,2-9H2,1H3. The van der Waals surface area contributed by atoms with Crippen LogP contribution >= 0.6 is 0 Å². The highest BCUT2D eigenvalue weighted by Gasteiger charge is 2.42. The number of likely N-dealkylation sites (tertiary alicyclic amines) is 2. The van der Waals surface area contributed by atoms with Gasteiger partial charge >= 0.3 is 0 Å². The molecule has 2 unspecified atom stereocenters. The van der Waals surface area contributed by atoms with Crippen molar-refractivity contribution in [3.8, 4) is 0 Å². The van der Waals surface area contributed by atoms with E-state index in [2.05, 4.69) is 10.2 Å². The topological polar surface area (TPSA) is 35.6 Å². The number of carbonyl (C=O) groups excluding carboxylic acids is 1. The molecule has 2 atom stereocenters. The number of nitrogens with zero attached hydrogens (tertiary/aromatic N) is 2. The van der Waals surface area contributed by atoms with Crippen LogP contribution in [0.3, 0.4) is 0 Å². The Balaban J connectivity index is 1.56. The van der Waals surface area contributed by atoms with Gasteiger partial charge < -0.3 is 10.2 Å². The largest absolute Gasteiger partial charge is 0.342 e. The van der Waals surface area contributed by atoms with Crippen LogP contribution in [0.15, 0.2) is 0 Å². The monoisotopic (exact) mass is 237 g/mol. The summed E-state index contributed by atoms with van der Waals surface area (Å²) in [7, 11) is 0. The molecule has 4 heteroatoms. The van der Waals surface area contributed by atoms with Crippen molar-refractivity contribution in [1.29, 1.82) is 0 Å². The minimum atomic E-state index is 0.257. The maximum Gasteiger partial charge on any atom is 0.219 e. The SMILES string of the molecule is CC(=O)N1CC2CN(C3CCNCC3)CC2C1. The van der Waals surface area contributed by atoms with Crippen LogP contribution in [0, 0.1) is 11.8 Å². The number of nitrogens with one attached hydrogen (secondary N) is 1. The first-order valence-electron chi connectivity index (χ1n) is 6.94. The molecule has 3 aliphatic heterocycles. The van der Waals surface area contributed by atoms with E-state index in [1.54, 1.807) is 6.92 Å². The molecule has 0 aliphatic carbocycles. The van der Waals surface area contributed by atoms with Crippen molar-refractivity contribution in [3.63, 3.8) is 0 Å². The van der Waals surface area contributed by atoms with Crippen molar-refractivity contribution in [2.45, 2.75) is 25.8 Å². The Hall–Kier alpha value is -0.610. The second kappa shape index (κ2) is 4.58. The molecule has 0 aromatic carbocycles. The van der Waals surface area contributed by atoms with Gasteiger partial charge in [-0.15, -0.1) is 0 Å². The Morgan fingerprint density at radius 1 is 1.06 bits per heavy atom. The molecule has 96 valence electrons. The minimum Gasteiger partial charge on any atom is -0.342 e. The Morgan fingerprint density at radius 2 is 1.65 bits per heavy atom. The lowest BCUT2D eigenvalue weighted by Crippen LogP contribution is -2.43. The molecule has 3 saturated heterocycles. The van der Waals surface area contributed by atoms with Crippen molar-refractivity contribution in [2.24, 2.45) is 11.8 Å². The summed E-state index contributed by atoms with van der Waals surface area (Å²) in [5.41, 5.74) is 0. The molecule has 1 N–H and O–H groups in total. The van der Waals surface area contributed by atoms with Gasteiger partial charge in [-0.1, -0.05) is 0 Å². The molecular formula is C13H23N3O. The number of rotatable bonds is 1. The van der Waals surface area contributed by atoms with Gasteiger partial charge in [0.2, 0.25) is 5.91 Å². The van der Waals surface area contributed by atoms with Crippen LogP contribution in [0.2, 0.25) is 0 Å². The maximum atomic E-state index is 11.4. The molecule has 3 rings (SSSR count). The van der Waals surface area contributed by atoms with Crippen LogP contribution in [-0.2, 0) is 4.79 Å². The van der Waals surface area contributed by atoms with E-state index in [-0.39, 0.29) is 5.91 Å². The molecule has 3 fully saturated rings. The van der Waals surface area contributed by atoms with Gasteiger partial charge in [0.15, 0.2) is 0 Å². The quantitative estimate of drug-likeness (QED) is 0.705. The van der Waals surface area contributed by atoms with Crippen molar-refractivity contribution < 1.29 is 4.79 Å². The number of amides is 1. The van der Waals surface area contributed by atoms with Crippen LogP contribution < -0.4 is 5.32 Å². The summed E-state index contributed by atoms with van der Waals surface area (Å²) in [5, 5.41) is 3.43. The van der Waals surface area contributed by atoms with E-state index < -0.39 is 0 Å². The second-order valence-electron chi connectivity index (χ2n) is 5.88. The first-order valence-corrected chi connectivity index (χ1v) is 6.94. The minimum absolute atomic E-state index is 0.257. The first-order chi connectivity index (χ1) is 8.24. The van der Waals surface area contributed by atoms with E-state index in [1.165, 1.54) is 39.0 Å². The number of carbonyl (C=O) groups is 1. The molecule has 1 amide bonds. The maximum absolute atomic E-state index is 11.4. The average molecular weight is 237 g/mol. The summed E-state index contributed by atoms with van der Waals surface area (Å²) >= 11 is 0. The number of hydrogen-bond acceptors (Lipinski definition) is 3. The van der Waals surface area contributed by atoms with Crippen molar-refractivity contribution in [1.82, 2.24) is 15.1 Å². The smallest absolute Gasteiger partial charge is 0.219 e. The molecule has 0 aromatic heterocycles. The van der Waals surface area contributed by atoms with E-state index >= 15 is 0 Å². The highest BCUT2D eigenvalue weighted by Crippen LogP contribution is 2.33. The molecule has 3 aliphatic rings. The molecule has 0 saturated carbocycles. The zero-order valence-corrected chi connectivity index (χ0v) is 10.7. The molecule has 0 radical (unpaired) electrons. The summed E-state index contributed by atoms with van der Waals surface area (Å²) in [6, 6.07) is 0.799. The summed E-state index contributed by atoms with van der Waals surface area (Å²) in [4.78, 5) is 16.1. The third-order valence-electron chi connectivity index (χ3n) is 4.78. The van der Waals surface area contributed by atoms with Gasteiger partial charge in [-0.05, 0) is 37.8 Å². The fourth-order valence-corrected chi connectivity index (χ4v) is 3.76. The molecule has 0 aromatic rings.